The summed E-state index contributed by atoms with van der Waals surface area (Å²) in [6.45, 7) is 11.7. The monoisotopic (exact) mass is 549 g/mol. The highest BCUT2D eigenvalue weighted by molar-refractivity contribution is 7.92. The number of aryl methyl sites for hydroxylation is 3. The Kier molecular flexibility index (Phi) is 9.92. The zero-order valence-corrected chi connectivity index (χ0v) is 24.5. The molecule has 3 aromatic rings. The average Bonchev–Trinajstić information content (AvgIpc) is 2.91. The van der Waals surface area contributed by atoms with Gasteiger partial charge in [0.15, 0.2) is 0 Å². The summed E-state index contributed by atoms with van der Waals surface area (Å²) in [4.78, 5) is 28.6. The first kappa shape index (κ1) is 29.9. The van der Waals surface area contributed by atoms with Crippen LogP contribution in [0.5, 0.6) is 0 Å². The third-order valence-electron chi connectivity index (χ3n) is 6.84. The number of anilines is 1. The van der Waals surface area contributed by atoms with Crippen molar-refractivity contribution in [2.75, 3.05) is 17.4 Å². The summed E-state index contributed by atoms with van der Waals surface area (Å²) in [7, 11) is -4.08. The molecule has 0 aliphatic carbocycles. The van der Waals surface area contributed by atoms with Gasteiger partial charge in [-0.15, -0.1) is 0 Å². The number of nitrogens with zero attached hydrogens (tertiary/aromatic N) is 2. The summed E-state index contributed by atoms with van der Waals surface area (Å²) >= 11 is 0. The number of rotatable bonds is 11. The summed E-state index contributed by atoms with van der Waals surface area (Å²) in [5.41, 5.74) is 4.18. The maximum Gasteiger partial charge on any atom is 0.264 e. The Morgan fingerprint density at radius 1 is 0.821 bits per heavy atom. The second-order valence-electron chi connectivity index (χ2n) is 10.4. The van der Waals surface area contributed by atoms with E-state index in [4.69, 9.17) is 0 Å². The van der Waals surface area contributed by atoms with Gasteiger partial charge in [0.1, 0.15) is 12.6 Å². The zero-order chi connectivity index (χ0) is 28.7. The second-order valence-corrected chi connectivity index (χ2v) is 12.2. The number of nitrogens with one attached hydrogen (secondary N) is 1. The number of hydrogen-bond acceptors (Lipinski definition) is 4. The van der Waals surface area contributed by atoms with Gasteiger partial charge in [0, 0.05) is 13.1 Å². The molecule has 1 atom stereocenters. The second kappa shape index (κ2) is 12.9. The molecule has 0 fully saturated rings. The molecule has 0 spiro atoms. The molecular weight excluding hydrogens is 510 g/mol. The van der Waals surface area contributed by atoms with Crippen molar-refractivity contribution >= 4 is 27.5 Å². The Balaban J connectivity index is 2.03. The van der Waals surface area contributed by atoms with Gasteiger partial charge in [-0.1, -0.05) is 62.4 Å². The van der Waals surface area contributed by atoms with Crippen molar-refractivity contribution in [3.05, 3.63) is 95.1 Å². The van der Waals surface area contributed by atoms with E-state index in [0.29, 0.717) is 12.2 Å². The van der Waals surface area contributed by atoms with Crippen molar-refractivity contribution in [3.8, 4) is 0 Å². The molecule has 3 aromatic carbocycles. The van der Waals surface area contributed by atoms with Crippen molar-refractivity contribution in [1.29, 1.82) is 0 Å². The quantitative estimate of drug-likeness (QED) is 0.365. The van der Waals surface area contributed by atoms with Crippen LogP contribution < -0.4 is 9.62 Å². The van der Waals surface area contributed by atoms with Gasteiger partial charge in [-0.2, -0.15) is 0 Å². The third-order valence-corrected chi connectivity index (χ3v) is 8.63. The van der Waals surface area contributed by atoms with E-state index in [0.717, 1.165) is 26.6 Å². The van der Waals surface area contributed by atoms with Crippen molar-refractivity contribution < 1.29 is 18.0 Å². The van der Waals surface area contributed by atoms with Crippen molar-refractivity contribution in [2.45, 2.75) is 59.0 Å². The Bertz CT molecular complexity index is 1400. The summed E-state index contributed by atoms with van der Waals surface area (Å²) in [5, 5.41) is 2.91. The minimum absolute atomic E-state index is 0.0872. The van der Waals surface area contributed by atoms with Crippen LogP contribution in [0, 0.1) is 26.7 Å². The number of sulfonamides is 1. The number of carbonyl (C=O) groups excluding carboxylic acids is 2. The minimum atomic E-state index is -4.08. The molecule has 0 heterocycles. The number of benzene rings is 3. The van der Waals surface area contributed by atoms with Crippen LogP contribution in [0.4, 0.5) is 5.69 Å². The lowest BCUT2D eigenvalue weighted by atomic mass is 10.1. The van der Waals surface area contributed by atoms with Crippen LogP contribution in [-0.4, -0.2) is 44.3 Å². The SMILES string of the molecule is Cc1ccc(N(CC(=O)N(Cc2ccccc2C)C(C)C(=O)NCC(C)C)S(=O)(=O)c2ccccc2)cc1C. The molecule has 0 saturated carbocycles. The first-order valence-electron chi connectivity index (χ1n) is 13.2. The number of hydrogen-bond donors (Lipinski definition) is 1. The normalized spacial score (nSPS) is 12.2. The van der Waals surface area contributed by atoms with Crippen molar-refractivity contribution in [2.24, 2.45) is 5.92 Å². The van der Waals surface area contributed by atoms with Gasteiger partial charge in [0.2, 0.25) is 11.8 Å². The predicted molar refractivity (Wildman–Crippen MR) is 156 cm³/mol. The Morgan fingerprint density at radius 3 is 2.08 bits per heavy atom. The largest absolute Gasteiger partial charge is 0.354 e. The van der Waals surface area contributed by atoms with Gasteiger partial charge >= 0.3 is 0 Å². The maximum atomic E-state index is 14.0. The molecule has 1 unspecified atom stereocenters. The Labute approximate surface area is 232 Å². The fraction of sp³-hybridized carbons (Fsp3) is 0.355. The Hall–Kier alpha value is -3.65. The molecule has 0 aliphatic heterocycles. The summed E-state index contributed by atoms with van der Waals surface area (Å²) in [6, 6.07) is 20.2. The maximum absolute atomic E-state index is 14.0. The molecule has 0 aliphatic rings. The van der Waals surface area contributed by atoms with Gasteiger partial charge in [0.25, 0.3) is 10.0 Å². The molecule has 0 radical (unpaired) electrons. The molecule has 3 rings (SSSR count). The van der Waals surface area contributed by atoms with E-state index in [1.165, 1.54) is 17.0 Å². The third kappa shape index (κ3) is 7.47. The summed E-state index contributed by atoms with van der Waals surface area (Å²) in [5.74, 6) is -0.504. The molecule has 0 saturated heterocycles. The van der Waals surface area contributed by atoms with Gasteiger partial charge in [-0.05, 0) is 80.1 Å². The van der Waals surface area contributed by atoms with Crippen LogP contribution in [-0.2, 0) is 26.2 Å². The van der Waals surface area contributed by atoms with Gasteiger partial charge in [-0.3, -0.25) is 13.9 Å². The average molecular weight is 550 g/mol. The van der Waals surface area contributed by atoms with Gasteiger partial charge in [0.05, 0.1) is 10.6 Å². The summed E-state index contributed by atoms with van der Waals surface area (Å²) < 4.78 is 28.9. The molecule has 0 bridgehead atoms. The highest BCUT2D eigenvalue weighted by Gasteiger charge is 2.32. The molecule has 2 amide bonds. The minimum Gasteiger partial charge on any atom is -0.354 e. The molecule has 1 N–H and O–H groups in total. The topological polar surface area (TPSA) is 86.8 Å². The van der Waals surface area contributed by atoms with Crippen molar-refractivity contribution in [3.63, 3.8) is 0 Å². The highest BCUT2D eigenvalue weighted by Crippen LogP contribution is 2.26. The van der Waals surface area contributed by atoms with Crippen LogP contribution in [0.1, 0.15) is 43.0 Å². The lowest BCUT2D eigenvalue weighted by Crippen LogP contribution is -2.51. The van der Waals surface area contributed by atoms with Crippen LogP contribution in [0.15, 0.2) is 77.7 Å². The molecule has 39 heavy (non-hydrogen) atoms. The lowest BCUT2D eigenvalue weighted by molar-refractivity contribution is -0.139. The van der Waals surface area contributed by atoms with E-state index in [1.54, 1.807) is 37.3 Å². The summed E-state index contributed by atoms with van der Waals surface area (Å²) in [6.07, 6.45) is 0. The van der Waals surface area contributed by atoms with E-state index < -0.39 is 28.5 Å². The van der Waals surface area contributed by atoms with Gasteiger partial charge in [-0.25, -0.2) is 8.42 Å². The molecule has 208 valence electrons. The lowest BCUT2D eigenvalue weighted by Gasteiger charge is -2.32. The standard InChI is InChI=1S/C31H39N3O4S/c1-22(2)19-32-31(36)26(6)33(20-27-13-11-10-12-24(27)4)30(35)21-34(28-17-16-23(3)25(5)18-28)39(37,38)29-14-8-7-9-15-29/h7-18,22,26H,19-21H2,1-6H3,(H,32,36). The number of amides is 2. The van der Waals surface area contributed by atoms with Crippen LogP contribution in [0.3, 0.4) is 0 Å². The fourth-order valence-corrected chi connectivity index (χ4v) is 5.56. The number of carbonyl (C=O) groups is 2. The molecular formula is C31H39N3O4S. The van der Waals surface area contributed by atoms with E-state index in [2.05, 4.69) is 5.32 Å². The zero-order valence-electron chi connectivity index (χ0n) is 23.6. The molecule has 7 nitrogen and oxygen atoms in total. The van der Waals surface area contributed by atoms with E-state index in [-0.39, 0.29) is 23.3 Å². The van der Waals surface area contributed by atoms with Gasteiger partial charge < -0.3 is 10.2 Å². The molecule has 8 heteroatoms. The highest BCUT2D eigenvalue weighted by atomic mass is 32.2. The predicted octanol–water partition coefficient (Wildman–Crippen LogP) is 5.00. The van der Waals surface area contributed by atoms with Crippen LogP contribution >= 0.6 is 0 Å². The molecule has 0 aromatic heterocycles. The van der Waals surface area contributed by atoms with E-state index in [9.17, 15) is 18.0 Å². The fourth-order valence-electron chi connectivity index (χ4n) is 4.14. The Morgan fingerprint density at radius 2 is 1.46 bits per heavy atom. The van der Waals surface area contributed by atoms with E-state index >= 15 is 0 Å². The van der Waals surface area contributed by atoms with E-state index in [1.807, 2.05) is 65.0 Å². The first-order chi connectivity index (χ1) is 18.4. The van der Waals surface area contributed by atoms with Crippen molar-refractivity contribution in [1.82, 2.24) is 10.2 Å². The van der Waals surface area contributed by atoms with Crippen LogP contribution in [0.2, 0.25) is 0 Å². The van der Waals surface area contributed by atoms with Crippen LogP contribution in [0.25, 0.3) is 0 Å². The smallest absolute Gasteiger partial charge is 0.264 e. The first-order valence-corrected chi connectivity index (χ1v) is 14.6.